The number of hydrogen-bond donors (Lipinski definition) is 1. The van der Waals surface area contributed by atoms with Crippen LogP contribution in [0.1, 0.15) is 50.5 Å². The summed E-state index contributed by atoms with van der Waals surface area (Å²) in [4.78, 5) is 0. The molecule has 0 aliphatic carbocycles. The Bertz CT molecular complexity index is 253. The summed E-state index contributed by atoms with van der Waals surface area (Å²) in [5, 5.41) is 8.63. The quantitative estimate of drug-likeness (QED) is 0.668. The minimum absolute atomic E-state index is 0.321. The van der Waals surface area contributed by atoms with Gasteiger partial charge in [-0.15, -0.1) is 0 Å². The van der Waals surface area contributed by atoms with E-state index in [1.54, 1.807) is 0 Å². The third-order valence-corrected chi connectivity index (χ3v) is 2.54. The Balaban J connectivity index is 2.14. The third-order valence-electron chi connectivity index (χ3n) is 2.54. The van der Waals surface area contributed by atoms with Crippen LogP contribution in [0.15, 0.2) is 16.5 Å². The standard InChI is InChI=1S/C13H22O2/c1-2-7-12-9-10-13(15-12)8-5-3-4-6-11-14/h9-10,14H,2-8,11H2,1H3. The Labute approximate surface area is 92.3 Å². The highest BCUT2D eigenvalue weighted by molar-refractivity contribution is 5.07. The van der Waals surface area contributed by atoms with E-state index >= 15 is 0 Å². The zero-order valence-corrected chi connectivity index (χ0v) is 9.67. The molecule has 0 amide bonds. The summed E-state index contributed by atoms with van der Waals surface area (Å²) in [5.74, 6) is 2.23. The van der Waals surface area contributed by atoms with Crippen LogP contribution in [0.3, 0.4) is 0 Å². The molecule has 1 N–H and O–H groups in total. The third kappa shape index (κ3) is 5.03. The van der Waals surface area contributed by atoms with Gasteiger partial charge in [0, 0.05) is 19.4 Å². The van der Waals surface area contributed by atoms with E-state index in [1.165, 1.54) is 12.8 Å². The van der Waals surface area contributed by atoms with Gasteiger partial charge in [0.05, 0.1) is 0 Å². The first-order chi connectivity index (χ1) is 7.36. The van der Waals surface area contributed by atoms with Gasteiger partial charge in [0.25, 0.3) is 0 Å². The molecule has 15 heavy (non-hydrogen) atoms. The van der Waals surface area contributed by atoms with Crippen LogP contribution in [0, 0.1) is 0 Å². The molecule has 0 bridgehead atoms. The van der Waals surface area contributed by atoms with Crippen molar-refractivity contribution in [1.82, 2.24) is 0 Å². The van der Waals surface area contributed by atoms with Crippen LogP contribution in [-0.4, -0.2) is 11.7 Å². The average Bonchev–Trinajstić information content (AvgIpc) is 2.66. The van der Waals surface area contributed by atoms with Crippen LogP contribution in [0.25, 0.3) is 0 Å². The summed E-state index contributed by atoms with van der Waals surface area (Å²) < 4.78 is 5.68. The van der Waals surface area contributed by atoms with Crippen molar-refractivity contribution in [2.45, 2.75) is 51.9 Å². The van der Waals surface area contributed by atoms with Crippen LogP contribution in [0.2, 0.25) is 0 Å². The molecule has 0 saturated carbocycles. The van der Waals surface area contributed by atoms with Crippen molar-refractivity contribution in [3.63, 3.8) is 0 Å². The molecular formula is C13H22O2. The van der Waals surface area contributed by atoms with E-state index in [0.717, 1.165) is 43.6 Å². The van der Waals surface area contributed by atoms with E-state index in [0.29, 0.717) is 6.61 Å². The maximum absolute atomic E-state index is 8.63. The molecule has 86 valence electrons. The maximum Gasteiger partial charge on any atom is 0.104 e. The van der Waals surface area contributed by atoms with Crippen LogP contribution < -0.4 is 0 Å². The van der Waals surface area contributed by atoms with Crippen molar-refractivity contribution < 1.29 is 9.52 Å². The Hall–Kier alpha value is -0.760. The molecule has 0 radical (unpaired) electrons. The number of furan rings is 1. The van der Waals surface area contributed by atoms with Gasteiger partial charge in [0.2, 0.25) is 0 Å². The highest BCUT2D eigenvalue weighted by atomic mass is 16.3. The second kappa shape index (κ2) is 7.52. The second-order valence-corrected chi connectivity index (χ2v) is 4.01. The van der Waals surface area contributed by atoms with E-state index in [4.69, 9.17) is 9.52 Å². The van der Waals surface area contributed by atoms with Gasteiger partial charge in [-0.25, -0.2) is 0 Å². The van der Waals surface area contributed by atoms with E-state index in [1.807, 2.05) is 0 Å². The molecule has 0 unspecified atom stereocenters. The number of hydrogen-bond acceptors (Lipinski definition) is 2. The van der Waals surface area contributed by atoms with Gasteiger partial charge in [-0.1, -0.05) is 19.8 Å². The van der Waals surface area contributed by atoms with Gasteiger partial charge in [-0.3, -0.25) is 0 Å². The largest absolute Gasteiger partial charge is 0.466 e. The molecule has 2 nitrogen and oxygen atoms in total. The molecule has 0 saturated heterocycles. The van der Waals surface area contributed by atoms with Crippen LogP contribution in [-0.2, 0) is 12.8 Å². The van der Waals surface area contributed by atoms with Crippen molar-refractivity contribution >= 4 is 0 Å². The second-order valence-electron chi connectivity index (χ2n) is 4.01. The number of aliphatic hydroxyl groups is 1. The summed E-state index contributed by atoms with van der Waals surface area (Å²) in [5.41, 5.74) is 0. The first kappa shape index (κ1) is 12.3. The lowest BCUT2D eigenvalue weighted by Crippen LogP contribution is -1.86. The molecular weight excluding hydrogens is 188 g/mol. The molecule has 0 fully saturated rings. The Morgan fingerprint density at radius 2 is 1.67 bits per heavy atom. The van der Waals surface area contributed by atoms with E-state index in [2.05, 4.69) is 19.1 Å². The number of rotatable bonds is 8. The normalized spacial score (nSPS) is 10.8. The first-order valence-corrected chi connectivity index (χ1v) is 6.05. The molecule has 1 heterocycles. The SMILES string of the molecule is CCCc1ccc(CCCCCCO)o1. The van der Waals surface area contributed by atoms with Crippen molar-refractivity contribution in [3.05, 3.63) is 23.7 Å². The maximum atomic E-state index is 8.63. The lowest BCUT2D eigenvalue weighted by atomic mass is 10.1. The predicted molar refractivity (Wildman–Crippen MR) is 62.0 cm³/mol. The van der Waals surface area contributed by atoms with Crippen LogP contribution in [0.4, 0.5) is 0 Å². The summed E-state index contributed by atoms with van der Waals surface area (Å²) >= 11 is 0. The van der Waals surface area contributed by atoms with Gasteiger partial charge < -0.3 is 9.52 Å². The molecule has 0 aromatic carbocycles. The highest BCUT2D eigenvalue weighted by Gasteiger charge is 2.00. The monoisotopic (exact) mass is 210 g/mol. The minimum atomic E-state index is 0.321. The van der Waals surface area contributed by atoms with Crippen molar-refractivity contribution in [3.8, 4) is 0 Å². The zero-order valence-electron chi connectivity index (χ0n) is 9.67. The summed E-state index contributed by atoms with van der Waals surface area (Å²) in [6, 6.07) is 4.18. The van der Waals surface area contributed by atoms with Gasteiger partial charge in [-0.2, -0.15) is 0 Å². The molecule has 2 heteroatoms. The van der Waals surface area contributed by atoms with E-state index in [9.17, 15) is 0 Å². The lowest BCUT2D eigenvalue weighted by Gasteiger charge is -1.98. The predicted octanol–water partition coefficient (Wildman–Crippen LogP) is 3.33. The zero-order chi connectivity index (χ0) is 10.9. The smallest absolute Gasteiger partial charge is 0.104 e. The summed E-state index contributed by atoms with van der Waals surface area (Å²) in [7, 11) is 0. The summed E-state index contributed by atoms with van der Waals surface area (Å²) in [6.07, 6.45) is 7.63. The fraction of sp³-hybridized carbons (Fsp3) is 0.692. The van der Waals surface area contributed by atoms with E-state index in [-0.39, 0.29) is 0 Å². The molecule has 1 aromatic rings. The van der Waals surface area contributed by atoms with Gasteiger partial charge >= 0.3 is 0 Å². The molecule has 0 spiro atoms. The van der Waals surface area contributed by atoms with E-state index < -0.39 is 0 Å². The van der Waals surface area contributed by atoms with Crippen molar-refractivity contribution in [1.29, 1.82) is 0 Å². The van der Waals surface area contributed by atoms with Crippen molar-refractivity contribution in [2.24, 2.45) is 0 Å². The molecule has 1 rings (SSSR count). The Morgan fingerprint density at radius 1 is 1.00 bits per heavy atom. The Kier molecular flexibility index (Phi) is 6.17. The topological polar surface area (TPSA) is 33.4 Å². The number of aliphatic hydroxyl groups excluding tert-OH is 1. The van der Waals surface area contributed by atoms with Gasteiger partial charge in [0.15, 0.2) is 0 Å². The average molecular weight is 210 g/mol. The Morgan fingerprint density at radius 3 is 2.33 bits per heavy atom. The molecule has 0 aliphatic rings. The van der Waals surface area contributed by atoms with Gasteiger partial charge in [-0.05, 0) is 31.4 Å². The van der Waals surface area contributed by atoms with Crippen LogP contribution in [0.5, 0.6) is 0 Å². The molecule has 0 aliphatic heterocycles. The fourth-order valence-electron chi connectivity index (χ4n) is 1.70. The van der Waals surface area contributed by atoms with Crippen molar-refractivity contribution in [2.75, 3.05) is 6.61 Å². The highest BCUT2D eigenvalue weighted by Crippen LogP contribution is 2.13. The minimum Gasteiger partial charge on any atom is -0.466 e. The van der Waals surface area contributed by atoms with Gasteiger partial charge in [0.1, 0.15) is 11.5 Å². The number of unbranched alkanes of at least 4 members (excludes halogenated alkanes) is 3. The summed E-state index contributed by atoms with van der Waals surface area (Å²) in [6.45, 7) is 2.48. The van der Waals surface area contributed by atoms with Crippen LogP contribution >= 0.6 is 0 Å². The fourth-order valence-corrected chi connectivity index (χ4v) is 1.70. The first-order valence-electron chi connectivity index (χ1n) is 6.05. The molecule has 0 atom stereocenters. The number of aryl methyl sites for hydroxylation is 2. The molecule has 1 aromatic heterocycles. The lowest BCUT2D eigenvalue weighted by molar-refractivity contribution is 0.282.